The lowest BCUT2D eigenvalue weighted by Crippen LogP contribution is -2.47. The Hall–Kier alpha value is -10.1. The van der Waals surface area contributed by atoms with Gasteiger partial charge in [-0.3, -0.25) is 47.8 Å². The van der Waals surface area contributed by atoms with Gasteiger partial charge >= 0.3 is 11.9 Å². The first-order valence-electron chi connectivity index (χ1n) is 44.6. The molecule has 0 radical (unpaired) electrons. The van der Waals surface area contributed by atoms with E-state index in [0.29, 0.717) is 121 Å². The molecule has 0 spiro atoms. The van der Waals surface area contributed by atoms with Gasteiger partial charge in [0.1, 0.15) is 34.9 Å². The Morgan fingerprint density at radius 3 is 1.23 bits per heavy atom. The third-order valence-corrected chi connectivity index (χ3v) is 28.9. The molecular formula is C96H124N8O20S2. The van der Waals surface area contributed by atoms with Crippen LogP contribution in [0.4, 0.5) is 0 Å². The van der Waals surface area contributed by atoms with E-state index < -0.39 is 112 Å². The molecule has 14 atom stereocenters. The highest BCUT2D eigenvalue weighted by molar-refractivity contribution is 7.91. The quantitative estimate of drug-likeness (QED) is 0.0471. The van der Waals surface area contributed by atoms with Crippen molar-refractivity contribution in [3.05, 3.63) is 109 Å². The topological polar surface area (TPSA) is 361 Å². The van der Waals surface area contributed by atoms with Gasteiger partial charge in [-0.15, -0.1) is 0 Å². The molecule has 6 aromatic rings. The Kier molecular flexibility index (Phi) is 28.3. The standard InChI is InChI=1S/2C48H62N4O10S/c2*1-28(2)60-42-18-13-31(26-49-42)39-21-32-20-34(59-8)14-17-37(32)44(50-39)61-35-22-40-41(53)25-48(46(56)51-63(57,58)36-15-16-36)24-33(48)12-10-9-11-29(3)19-30(4)38(45(55)52(40)27-35)23-43(54)62-47(5,6)7/h2*10,12-14,17-18,20-21,26,28-30,33,35-36,38,40H,9,11,15-16,19,22-25,27H2,1-8H3,(H,51,56)/b2*12-10-/t29-,30+,33+,35+,38-,40-,48+;29-,30-,33-,35-,38+,40+,48-/m01/s1. The molecule has 2 N–H and O–H groups in total. The van der Waals surface area contributed by atoms with E-state index in [4.69, 9.17) is 47.9 Å². The maximum absolute atomic E-state index is 15.1. The average Bonchev–Trinajstić information content (AvgIpc) is 1.57. The van der Waals surface area contributed by atoms with Gasteiger partial charge in [-0.05, 0) is 253 Å². The number of nitrogens with zero attached hydrogens (tertiary/aromatic N) is 6. The van der Waals surface area contributed by atoms with Crippen LogP contribution in [0.5, 0.6) is 35.0 Å². The number of allylic oxidation sites excluding steroid dienone is 4. The first-order valence-corrected chi connectivity index (χ1v) is 47.7. The molecule has 0 unspecified atom stereocenters. The van der Waals surface area contributed by atoms with Gasteiger partial charge in [0.25, 0.3) is 0 Å². The van der Waals surface area contributed by atoms with Crippen molar-refractivity contribution in [3.63, 3.8) is 0 Å². The molecule has 680 valence electrons. The van der Waals surface area contributed by atoms with Crippen molar-refractivity contribution in [1.29, 1.82) is 0 Å². The molecule has 2 aromatic carbocycles. The Bertz CT molecular complexity index is 5040. The van der Waals surface area contributed by atoms with Crippen molar-refractivity contribution >= 4 is 88.7 Å². The highest BCUT2D eigenvalue weighted by Crippen LogP contribution is 2.59. The normalized spacial score (nSPS) is 27.4. The van der Waals surface area contributed by atoms with Crippen LogP contribution >= 0.6 is 0 Å². The van der Waals surface area contributed by atoms with Crippen LogP contribution in [0.15, 0.2) is 109 Å². The largest absolute Gasteiger partial charge is 0.497 e. The smallest absolute Gasteiger partial charge is 0.307 e. The van der Waals surface area contributed by atoms with Crippen LogP contribution in [0.1, 0.15) is 213 Å². The molecule has 6 fully saturated rings. The summed E-state index contributed by atoms with van der Waals surface area (Å²) in [5, 5.41) is 1.68. The Morgan fingerprint density at radius 2 is 0.897 bits per heavy atom. The number of Topliss-reactive ketones (excluding diaryl/α,β-unsaturated/α-hetero) is 2. The molecule has 0 bridgehead atoms. The maximum Gasteiger partial charge on any atom is 0.307 e. The van der Waals surface area contributed by atoms with E-state index in [1.165, 1.54) is 9.80 Å². The van der Waals surface area contributed by atoms with Crippen molar-refractivity contribution in [1.82, 2.24) is 39.2 Å². The molecule has 4 aromatic heterocycles. The summed E-state index contributed by atoms with van der Waals surface area (Å²) >= 11 is 0. The zero-order valence-corrected chi connectivity index (χ0v) is 77.1. The maximum atomic E-state index is 15.1. The summed E-state index contributed by atoms with van der Waals surface area (Å²) in [5.41, 5.74) is -1.57. The molecule has 8 heterocycles. The number of benzene rings is 2. The van der Waals surface area contributed by atoms with Crippen LogP contribution in [0.25, 0.3) is 44.1 Å². The number of pyridine rings is 4. The SMILES string of the molecule is COc1ccc2c(O[C@@H]3C[C@H]4C(=O)C[C@]5(C(=O)NS(=O)(=O)C6CC6)C[C@H]5/C=C\CC[C@@H](C)C[C@@H](C)[C@H](CC(=O)OC(C)(C)C)C(=O)N4C3)nc(-c3ccc(OC(C)C)nc3)cc2c1.COc1ccc2c(O[C@@H]3C[C@H]4C(=O)C[C@]5(C(=O)NS(=O)(=O)C6CC6)C[C@H]5/C=C\CC[C@H](C)C[C@@H](C)[C@H](CC(=O)OC(C)(C)C)C(=O)N4C3)nc(-c3ccc(OC(C)C)nc3)cc2c1. The molecule has 8 aliphatic rings. The third kappa shape index (κ3) is 22.9. The summed E-state index contributed by atoms with van der Waals surface area (Å²) in [4.78, 5) is 137. The van der Waals surface area contributed by atoms with Gasteiger partial charge in [0.05, 0.1) is 109 Å². The van der Waals surface area contributed by atoms with E-state index in [9.17, 15) is 45.6 Å². The minimum Gasteiger partial charge on any atom is -0.497 e. The van der Waals surface area contributed by atoms with Crippen molar-refractivity contribution in [2.45, 2.75) is 271 Å². The lowest BCUT2D eigenvalue weighted by atomic mass is 9.82. The second kappa shape index (κ2) is 38.1. The number of fused-ring (bicyclic) bond motifs is 6. The van der Waals surface area contributed by atoms with Crippen molar-refractivity contribution in [3.8, 4) is 57.5 Å². The van der Waals surface area contributed by atoms with E-state index in [1.807, 2.05) is 114 Å². The number of ether oxygens (including phenoxy) is 8. The summed E-state index contributed by atoms with van der Waals surface area (Å²) in [7, 11) is -4.60. The number of carbonyl (C=O) groups excluding carboxylic acids is 8. The van der Waals surface area contributed by atoms with E-state index in [2.05, 4.69) is 33.3 Å². The zero-order chi connectivity index (χ0) is 90.9. The lowest BCUT2D eigenvalue weighted by Gasteiger charge is -2.32. The second-order valence-corrected chi connectivity index (χ2v) is 42.8. The summed E-state index contributed by atoms with van der Waals surface area (Å²) in [5.74, 6) is -3.53. The van der Waals surface area contributed by atoms with Gasteiger partial charge in [0.2, 0.25) is 67.2 Å². The number of sulfonamides is 2. The molecule has 14 rings (SSSR count). The van der Waals surface area contributed by atoms with Crippen molar-refractivity contribution < 1.29 is 93.1 Å². The van der Waals surface area contributed by atoms with Crippen LogP contribution in [0.3, 0.4) is 0 Å². The highest BCUT2D eigenvalue weighted by Gasteiger charge is 2.64. The van der Waals surface area contributed by atoms with E-state index >= 15 is 9.59 Å². The van der Waals surface area contributed by atoms with Gasteiger partial charge in [-0.1, -0.05) is 52.0 Å². The number of esters is 2. The average molecular weight is 1770 g/mol. The summed E-state index contributed by atoms with van der Waals surface area (Å²) in [6.07, 6.45) is 15.9. The monoisotopic (exact) mass is 1770 g/mol. The highest BCUT2D eigenvalue weighted by atomic mass is 32.2. The van der Waals surface area contributed by atoms with Gasteiger partial charge in [0.15, 0.2) is 11.6 Å². The van der Waals surface area contributed by atoms with E-state index in [1.54, 1.807) is 92.4 Å². The third-order valence-electron chi connectivity index (χ3n) is 25.3. The van der Waals surface area contributed by atoms with Gasteiger partial charge in [-0.25, -0.2) is 36.8 Å². The number of aromatic nitrogens is 4. The van der Waals surface area contributed by atoms with Crippen molar-refractivity contribution in [2.75, 3.05) is 27.3 Å². The van der Waals surface area contributed by atoms with Crippen LogP contribution < -0.4 is 37.9 Å². The Morgan fingerprint density at radius 1 is 0.516 bits per heavy atom. The molecule has 4 saturated carbocycles. The fraction of sp³-hybridized carbons (Fsp3) is 0.583. The molecule has 4 aliphatic carbocycles. The van der Waals surface area contributed by atoms with Gasteiger partial charge in [0, 0.05) is 72.1 Å². The molecular weight excluding hydrogens is 1650 g/mol. The summed E-state index contributed by atoms with van der Waals surface area (Å²) < 4.78 is 104. The minimum atomic E-state index is -3.89. The van der Waals surface area contributed by atoms with Gasteiger partial charge in [-0.2, -0.15) is 0 Å². The Balaban J connectivity index is 0.000000216. The first kappa shape index (κ1) is 93.5. The number of nitrogens with one attached hydrogen (secondary N) is 2. The number of hydrogen-bond acceptors (Lipinski definition) is 24. The summed E-state index contributed by atoms with van der Waals surface area (Å²) in [6.45, 7) is 26.6. The van der Waals surface area contributed by atoms with Gasteiger partial charge < -0.3 is 47.7 Å². The van der Waals surface area contributed by atoms with E-state index in [0.717, 1.165) is 23.6 Å². The van der Waals surface area contributed by atoms with Crippen LogP contribution in [0, 0.1) is 58.2 Å². The first-order chi connectivity index (χ1) is 59.5. The molecule has 30 heteroatoms. The van der Waals surface area contributed by atoms with E-state index in [-0.39, 0.29) is 134 Å². The van der Waals surface area contributed by atoms with Crippen LogP contribution in [0.2, 0.25) is 0 Å². The molecule has 28 nitrogen and oxygen atoms in total. The number of ketones is 2. The molecule has 126 heavy (non-hydrogen) atoms. The Labute approximate surface area is 740 Å². The summed E-state index contributed by atoms with van der Waals surface area (Å²) in [6, 6.07) is 20.1. The predicted octanol–water partition coefficient (Wildman–Crippen LogP) is 14.8. The number of methoxy groups -OCH3 is 2. The van der Waals surface area contributed by atoms with Crippen molar-refractivity contribution in [2.24, 2.45) is 58.2 Å². The number of amides is 4. The number of carbonyl (C=O) groups is 8. The fourth-order valence-electron chi connectivity index (χ4n) is 18.2. The minimum absolute atomic E-state index is 0.00721. The van der Waals surface area contributed by atoms with Crippen LogP contribution in [-0.4, -0.2) is 179 Å². The number of hydrogen-bond donors (Lipinski definition) is 2. The molecule has 4 aliphatic heterocycles. The second-order valence-electron chi connectivity index (χ2n) is 38.9. The predicted molar refractivity (Wildman–Crippen MR) is 475 cm³/mol. The number of rotatable bonds is 22. The molecule has 2 saturated heterocycles. The fourth-order valence-corrected chi connectivity index (χ4v) is 21.0. The molecule has 4 amide bonds. The lowest BCUT2D eigenvalue weighted by molar-refractivity contribution is -0.160. The van der Waals surface area contributed by atoms with Crippen LogP contribution in [-0.2, 0) is 67.9 Å². The zero-order valence-electron chi connectivity index (χ0n) is 75.4.